The molecular weight excluding hydrogens is 319 g/mol. The van der Waals surface area contributed by atoms with Gasteiger partial charge in [-0.05, 0) is 32.0 Å². The molecule has 0 saturated carbocycles. The highest BCUT2D eigenvalue weighted by atomic mass is 35.5. The fourth-order valence-corrected chi connectivity index (χ4v) is 2.31. The highest BCUT2D eigenvalue weighted by Gasteiger charge is 2.16. The van der Waals surface area contributed by atoms with Gasteiger partial charge in [-0.3, -0.25) is 4.79 Å². The Balaban J connectivity index is 2.10. The minimum Gasteiger partial charge on any atom is -0.319 e. The quantitative estimate of drug-likeness (QED) is 0.728. The molecule has 0 aliphatic heterocycles. The number of anilines is 1. The van der Waals surface area contributed by atoms with Crippen LogP contribution in [-0.4, -0.2) is 20.9 Å². The Hall–Kier alpha value is -2.60. The Labute approximate surface area is 136 Å². The van der Waals surface area contributed by atoms with E-state index in [0.717, 1.165) is 6.07 Å². The Bertz CT molecular complexity index is 929. The Kier molecular flexibility index (Phi) is 3.92. The van der Waals surface area contributed by atoms with Gasteiger partial charge < -0.3 is 5.32 Å². The summed E-state index contributed by atoms with van der Waals surface area (Å²) in [6.07, 6.45) is 1.51. The predicted molar refractivity (Wildman–Crippen MR) is 86.2 cm³/mol. The van der Waals surface area contributed by atoms with Crippen LogP contribution >= 0.6 is 11.6 Å². The maximum absolute atomic E-state index is 13.8. The van der Waals surface area contributed by atoms with E-state index in [1.165, 1.54) is 12.3 Å². The van der Waals surface area contributed by atoms with Crippen LogP contribution in [0.15, 0.2) is 30.5 Å². The molecular formula is C16H12ClFN4O. The van der Waals surface area contributed by atoms with Crippen LogP contribution in [0.1, 0.15) is 21.7 Å². The van der Waals surface area contributed by atoms with E-state index in [4.69, 9.17) is 11.6 Å². The molecule has 3 aromatic rings. The van der Waals surface area contributed by atoms with Gasteiger partial charge >= 0.3 is 0 Å². The number of aryl methyl sites for hydroxylation is 2. The van der Waals surface area contributed by atoms with E-state index in [-0.39, 0.29) is 10.7 Å². The third kappa shape index (κ3) is 2.98. The summed E-state index contributed by atoms with van der Waals surface area (Å²) < 4.78 is 13.8. The van der Waals surface area contributed by atoms with Crippen LogP contribution < -0.4 is 5.32 Å². The van der Waals surface area contributed by atoms with E-state index in [1.807, 2.05) is 0 Å². The van der Waals surface area contributed by atoms with Crippen molar-refractivity contribution in [2.24, 2.45) is 0 Å². The van der Waals surface area contributed by atoms with Gasteiger partial charge in [0.05, 0.1) is 28.2 Å². The fraction of sp³-hybridized carbons (Fsp3) is 0.125. The highest BCUT2D eigenvalue weighted by molar-refractivity contribution is 6.32. The molecule has 1 aromatic carbocycles. The van der Waals surface area contributed by atoms with Crippen molar-refractivity contribution in [1.82, 2.24) is 15.0 Å². The maximum atomic E-state index is 13.8. The Morgan fingerprint density at radius 2 is 1.96 bits per heavy atom. The molecule has 0 fully saturated rings. The van der Waals surface area contributed by atoms with E-state index < -0.39 is 11.7 Å². The third-order valence-corrected chi connectivity index (χ3v) is 3.70. The molecule has 0 bridgehead atoms. The molecule has 0 radical (unpaired) electrons. The van der Waals surface area contributed by atoms with Crippen LogP contribution in [0.3, 0.4) is 0 Å². The second-order valence-corrected chi connectivity index (χ2v) is 5.37. The molecule has 3 rings (SSSR count). The number of pyridine rings is 1. The topological polar surface area (TPSA) is 67.8 Å². The summed E-state index contributed by atoms with van der Waals surface area (Å²) in [5.41, 5.74) is 2.47. The molecule has 116 valence electrons. The average Bonchev–Trinajstić information content (AvgIpc) is 2.50. The number of carbonyl (C=O) groups is 1. The molecule has 23 heavy (non-hydrogen) atoms. The van der Waals surface area contributed by atoms with Crippen LogP contribution in [-0.2, 0) is 0 Å². The fourth-order valence-electron chi connectivity index (χ4n) is 2.14. The molecule has 1 amide bonds. The van der Waals surface area contributed by atoms with Gasteiger partial charge in [-0.1, -0.05) is 11.6 Å². The van der Waals surface area contributed by atoms with Gasteiger partial charge in [-0.2, -0.15) is 0 Å². The number of hydrogen-bond acceptors (Lipinski definition) is 4. The number of nitrogens with one attached hydrogen (secondary N) is 1. The highest BCUT2D eigenvalue weighted by Crippen LogP contribution is 2.22. The summed E-state index contributed by atoms with van der Waals surface area (Å²) in [7, 11) is 0. The molecule has 0 aliphatic carbocycles. The van der Waals surface area contributed by atoms with Gasteiger partial charge in [-0.15, -0.1) is 0 Å². The van der Waals surface area contributed by atoms with Crippen LogP contribution in [0, 0.1) is 19.7 Å². The van der Waals surface area contributed by atoms with E-state index in [0.29, 0.717) is 28.1 Å². The van der Waals surface area contributed by atoms with E-state index in [2.05, 4.69) is 20.3 Å². The first-order chi connectivity index (χ1) is 11.0. The van der Waals surface area contributed by atoms with Crippen molar-refractivity contribution in [3.05, 3.63) is 58.4 Å². The van der Waals surface area contributed by atoms with Crippen molar-refractivity contribution in [3.63, 3.8) is 0 Å². The number of hydrogen-bond donors (Lipinski definition) is 1. The number of carbonyl (C=O) groups excluding carboxylic acids is 1. The molecule has 1 N–H and O–H groups in total. The number of nitrogens with zero attached hydrogens (tertiary/aromatic N) is 3. The summed E-state index contributed by atoms with van der Waals surface area (Å²) in [5, 5.41) is 2.76. The maximum Gasteiger partial charge on any atom is 0.258 e. The van der Waals surface area contributed by atoms with Gasteiger partial charge in [0, 0.05) is 12.3 Å². The van der Waals surface area contributed by atoms with E-state index in [9.17, 15) is 9.18 Å². The minimum atomic E-state index is -0.558. The van der Waals surface area contributed by atoms with Crippen molar-refractivity contribution >= 4 is 34.2 Å². The van der Waals surface area contributed by atoms with E-state index in [1.54, 1.807) is 26.0 Å². The summed E-state index contributed by atoms with van der Waals surface area (Å²) in [5.74, 6) is -1.08. The normalized spacial score (nSPS) is 10.8. The lowest BCUT2D eigenvalue weighted by Gasteiger charge is -2.10. The molecule has 7 heteroatoms. The van der Waals surface area contributed by atoms with Crippen LogP contribution in [0.25, 0.3) is 11.0 Å². The number of halogens is 2. The molecule has 2 aromatic heterocycles. The third-order valence-electron chi connectivity index (χ3n) is 3.40. The molecule has 0 saturated heterocycles. The first-order valence-electron chi connectivity index (χ1n) is 6.82. The monoisotopic (exact) mass is 330 g/mol. The molecule has 0 atom stereocenters. The lowest BCUT2D eigenvalue weighted by Crippen LogP contribution is -2.14. The zero-order valence-corrected chi connectivity index (χ0v) is 13.1. The first-order valence-corrected chi connectivity index (χ1v) is 7.20. The molecule has 5 nitrogen and oxygen atoms in total. The number of fused-ring (bicyclic) bond motifs is 1. The van der Waals surface area contributed by atoms with Crippen molar-refractivity contribution in [2.75, 3.05) is 5.32 Å². The summed E-state index contributed by atoms with van der Waals surface area (Å²) >= 11 is 5.92. The smallest absolute Gasteiger partial charge is 0.258 e. The Morgan fingerprint density at radius 3 is 2.70 bits per heavy atom. The van der Waals surface area contributed by atoms with Crippen molar-refractivity contribution in [2.45, 2.75) is 13.8 Å². The number of benzene rings is 1. The summed E-state index contributed by atoms with van der Waals surface area (Å²) in [4.78, 5) is 25.0. The first kappa shape index (κ1) is 15.3. The number of amides is 1. The zero-order valence-electron chi connectivity index (χ0n) is 12.4. The van der Waals surface area contributed by atoms with Crippen LogP contribution in [0.5, 0.6) is 0 Å². The standard InChI is InChI=1S/C16H12ClFN4O/c1-8-9(2)21-14-11(6-10(18)7-13(14)20-8)16(23)22-12-4-3-5-19-15(12)17/h3-7H,1-2H3,(H,22,23). The minimum absolute atomic E-state index is 0.0931. The second kappa shape index (κ2) is 5.89. The van der Waals surface area contributed by atoms with Crippen LogP contribution in [0.4, 0.5) is 10.1 Å². The zero-order chi connectivity index (χ0) is 16.6. The molecule has 2 heterocycles. The lowest BCUT2D eigenvalue weighted by atomic mass is 10.1. The van der Waals surface area contributed by atoms with Gasteiger partial charge in [0.25, 0.3) is 5.91 Å². The largest absolute Gasteiger partial charge is 0.319 e. The average molecular weight is 331 g/mol. The number of rotatable bonds is 2. The van der Waals surface area contributed by atoms with Crippen LogP contribution in [0.2, 0.25) is 5.15 Å². The van der Waals surface area contributed by atoms with Gasteiger partial charge in [0.2, 0.25) is 0 Å². The Morgan fingerprint density at radius 1 is 1.22 bits per heavy atom. The summed E-state index contributed by atoms with van der Waals surface area (Å²) in [6.45, 7) is 3.56. The number of aromatic nitrogens is 3. The summed E-state index contributed by atoms with van der Waals surface area (Å²) in [6, 6.07) is 5.63. The SMILES string of the molecule is Cc1nc2cc(F)cc(C(=O)Nc3cccnc3Cl)c2nc1C. The van der Waals surface area contributed by atoms with Gasteiger partial charge in [0.1, 0.15) is 11.3 Å². The predicted octanol–water partition coefficient (Wildman–Crippen LogP) is 3.69. The van der Waals surface area contributed by atoms with E-state index >= 15 is 0 Å². The van der Waals surface area contributed by atoms with Crippen molar-refractivity contribution < 1.29 is 9.18 Å². The lowest BCUT2D eigenvalue weighted by molar-refractivity contribution is 0.102. The second-order valence-electron chi connectivity index (χ2n) is 5.01. The molecule has 0 aliphatic rings. The molecule has 0 spiro atoms. The van der Waals surface area contributed by atoms with Crippen molar-refractivity contribution in [1.29, 1.82) is 0 Å². The molecule has 0 unspecified atom stereocenters. The van der Waals surface area contributed by atoms with Gasteiger partial charge in [0.15, 0.2) is 5.15 Å². The van der Waals surface area contributed by atoms with Crippen molar-refractivity contribution in [3.8, 4) is 0 Å². The van der Waals surface area contributed by atoms with Gasteiger partial charge in [-0.25, -0.2) is 19.3 Å².